The fraction of sp³-hybridized carbons (Fsp3) is 0.467. The lowest BCUT2D eigenvalue weighted by Crippen LogP contribution is -2.21. The average Bonchev–Trinajstić information content (AvgIpc) is 2.92. The van der Waals surface area contributed by atoms with E-state index < -0.39 is 0 Å². The van der Waals surface area contributed by atoms with E-state index in [2.05, 4.69) is 26.2 Å². The Labute approximate surface area is 142 Å². The maximum atomic E-state index is 11.9. The number of rotatable bonds is 8. The number of carbonyl (C=O) groups is 1. The van der Waals surface area contributed by atoms with E-state index in [0.717, 1.165) is 28.8 Å². The van der Waals surface area contributed by atoms with Crippen LogP contribution in [0.15, 0.2) is 18.2 Å². The van der Waals surface area contributed by atoms with Crippen molar-refractivity contribution in [3.05, 3.63) is 18.2 Å². The zero-order chi connectivity index (χ0) is 15.9. The normalized spacial score (nSPS) is 12.3. The fourth-order valence-corrected chi connectivity index (χ4v) is 2.82. The maximum absolute atomic E-state index is 11.9. The number of ether oxygens (including phenoxy) is 2. The number of methoxy groups -OCH3 is 1. The molecule has 1 N–H and O–H groups in total. The number of alkyl halides is 1. The SMILES string of the molecule is CC[C@H](Br)C(=O)Nc1nc2ccc(OCCCOC)cc2s1. The number of benzene rings is 1. The monoisotopic (exact) mass is 386 g/mol. The van der Waals surface area contributed by atoms with Crippen LogP contribution in [0.3, 0.4) is 0 Å². The molecule has 0 spiro atoms. The van der Waals surface area contributed by atoms with Crippen molar-refractivity contribution in [1.29, 1.82) is 0 Å². The molecule has 1 amide bonds. The number of anilines is 1. The molecule has 1 aromatic carbocycles. The molecule has 0 bridgehead atoms. The molecule has 120 valence electrons. The summed E-state index contributed by atoms with van der Waals surface area (Å²) in [6, 6.07) is 5.74. The van der Waals surface area contributed by atoms with Gasteiger partial charge in [0.25, 0.3) is 0 Å². The number of halogens is 1. The highest BCUT2D eigenvalue weighted by molar-refractivity contribution is 9.10. The molecule has 0 fully saturated rings. The minimum absolute atomic E-state index is 0.0717. The molecule has 7 heteroatoms. The number of fused-ring (bicyclic) bond motifs is 1. The molecule has 0 aliphatic heterocycles. The molecule has 2 aromatic rings. The van der Waals surface area contributed by atoms with Gasteiger partial charge in [0.05, 0.1) is 21.7 Å². The average molecular weight is 387 g/mol. The van der Waals surface area contributed by atoms with E-state index in [1.807, 2.05) is 25.1 Å². The Hall–Kier alpha value is -1.18. The van der Waals surface area contributed by atoms with E-state index >= 15 is 0 Å². The zero-order valence-corrected chi connectivity index (χ0v) is 15.0. The Morgan fingerprint density at radius 3 is 3.00 bits per heavy atom. The largest absolute Gasteiger partial charge is 0.493 e. The Balaban J connectivity index is 2.02. The van der Waals surface area contributed by atoms with Gasteiger partial charge in [0.1, 0.15) is 5.75 Å². The number of hydrogen-bond donors (Lipinski definition) is 1. The van der Waals surface area contributed by atoms with Crippen LogP contribution in [0.2, 0.25) is 0 Å². The quantitative estimate of drug-likeness (QED) is 0.553. The molecule has 0 aliphatic rings. The first kappa shape index (κ1) is 17.2. The number of hydrogen-bond acceptors (Lipinski definition) is 5. The van der Waals surface area contributed by atoms with Crippen LogP contribution < -0.4 is 10.1 Å². The van der Waals surface area contributed by atoms with Crippen LogP contribution in [0.5, 0.6) is 5.75 Å². The predicted molar refractivity (Wildman–Crippen MR) is 93.2 cm³/mol. The van der Waals surface area contributed by atoms with Crippen molar-refractivity contribution in [1.82, 2.24) is 4.98 Å². The zero-order valence-electron chi connectivity index (χ0n) is 12.6. The van der Waals surface area contributed by atoms with Gasteiger partial charge in [-0.3, -0.25) is 4.79 Å². The smallest absolute Gasteiger partial charge is 0.239 e. The number of thiazole rings is 1. The summed E-state index contributed by atoms with van der Waals surface area (Å²) < 4.78 is 11.6. The van der Waals surface area contributed by atoms with Gasteiger partial charge < -0.3 is 14.8 Å². The molecular formula is C15H19BrN2O3S. The van der Waals surface area contributed by atoms with Gasteiger partial charge in [-0.15, -0.1) is 0 Å². The van der Waals surface area contributed by atoms with Gasteiger partial charge in [-0.05, 0) is 24.6 Å². The highest BCUT2D eigenvalue weighted by Gasteiger charge is 2.14. The van der Waals surface area contributed by atoms with Crippen LogP contribution in [-0.4, -0.2) is 36.0 Å². The van der Waals surface area contributed by atoms with Crippen LogP contribution in [-0.2, 0) is 9.53 Å². The van der Waals surface area contributed by atoms with Crippen molar-refractivity contribution in [2.45, 2.75) is 24.6 Å². The summed E-state index contributed by atoms with van der Waals surface area (Å²) in [7, 11) is 1.68. The highest BCUT2D eigenvalue weighted by Crippen LogP contribution is 2.29. The van der Waals surface area contributed by atoms with Crippen LogP contribution in [0.4, 0.5) is 5.13 Å². The van der Waals surface area contributed by atoms with Gasteiger partial charge in [0, 0.05) is 20.1 Å². The van der Waals surface area contributed by atoms with E-state index in [1.165, 1.54) is 11.3 Å². The third-order valence-corrected chi connectivity index (χ3v) is 4.99. The minimum Gasteiger partial charge on any atom is -0.493 e. The topological polar surface area (TPSA) is 60.5 Å². The lowest BCUT2D eigenvalue weighted by atomic mass is 10.3. The van der Waals surface area contributed by atoms with E-state index in [4.69, 9.17) is 9.47 Å². The molecule has 0 aliphatic carbocycles. The van der Waals surface area contributed by atoms with Gasteiger partial charge >= 0.3 is 0 Å². The molecule has 1 heterocycles. The van der Waals surface area contributed by atoms with Crippen LogP contribution in [0.1, 0.15) is 19.8 Å². The highest BCUT2D eigenvalue weighted by atomic mass is 79.9. The molecule has 0 unspecified atom stereocenters. The third-order valence-electron chi connectivity index (χ3n) is 2.99. The number of aromatic nitrogens is 1. The fourth-order valence-electron chi connectivity index (χ4n) is 1.81. The summed E-state index contributed by atoms with van der Waals surface area (Å²) in [4.78, 5) is 16.1. The van der Waals surface area contributed by atoms with Crippen molar-refractivity contribution in [2.24, 2.45) is 0 Å². The Morgan fingerprint density at radius 2 is 2.27 bits per heavy atom. The molecular weight excluding hydrogens is 368 g/mol. The second-order valence-electron chi connectivity index (χ2n) is 4.71. The Kier molecular flexibility index (Phi) is 6.60. The minimum atomic E-state index is -0.195. The summed E-state index contributed by atoms with van der Waals surface area (Å²) in [5.41, 5.74) is 0.854. The maximum Gasteiger partial charge on any atom is 0.239 e. The van der Waals surface area contributed by atoms with Crippen molar-refractivity contribution in [2.75, 3.05) is 25.6 Å². The van der Waals surface area contributed by atoms with E-state index in [1.54, 1.807) is 7.11 Å². The van der Waals surface area contributed by atoms with Crippen LogP contribution in [0.25, 0.3) is 10.2 Å². The van der Waals surface area contributed by atoms with E-state index in [0.29, 0.717) is 18.3 Å². The number of nitrogens with one attached hydrogen (secondary N) is 1. The predicted octanol–water partition coefficient (Wildman–Crippen LogP) is 3.82. The third kappa shape index (κ3) is 4.66. The molecule has 0 radical (unpaired) electrons. The summed E-state index contributed by atoms with van der Waals surface area (Å²) in [6.07, 6.45) is 1.58. The lowest BCUT2D eigenvalue weighted by Gasteiger charge is -2.05. The number of carbonyl (C=O) groups excluding carboxylic acids is 1. The van der Waals surface area contributed by atoms with Crippen molar-refractivity contribution in [3.8, 4) is 5.75 Å². The first-order valence-electron chi connectivity index (χ1n) is 7.11. The second kappa shape index (κ2) is 8.45. The second-order valence-corrected chi connectivity index (χ2v) is 6.84. The summed E-state index contributed by atoms with van der Waals surface area (Å²) >= 11 is 4.77. The van der Waals surface area contributed by atoms with Gasteiger partial charge in [0.2, 0.25) is 5.91 Å². The first-order chi connectivity index (χ1) is 10.6. The van der Waals surface area contributed by atoms with E-state index in [-0.39, 0.29) is 10.7 Å². The van der Waals surface area contributed by atoms with Crippen LogP contribution in [0, 0.1) is 0 Å². The summed E-state index contributed by atoms with van der Waals surface area (Å²) in [5.74, 6) is 0.731. The molecule has 2 rings (SSSR count). The lowest BCUT2D eigenvalue weighted by molar-refractivity contribution is -0.115. The Bertz CT molecular complexity index is 632. The molecule has 22 heavy (non-hydrogen) atoms. The number of nitrogens with zero attached hydrogens (tertiary/aromatic N) is 1. The molecule has 1 aromatic heterocycles. The number of amides is 1. The Morgan fingerprint density at radius 1 is 1.45 bits per heavy atom. The van der Waals surface area contributed by atoms with Gasteiger partial charge in [-0.25, -0.2) is 4.98 Å². The molecule has 1 atom stereocenters. The van der Waals surface area contributed by atoms with Crippen molar-refractivity contribution < 1.29 is 14.3 Å². The van der Waals surface area contributed by atoms with E-state index in [9.17, 15) is 4.79 Å². The summed E-state index contributed by atoms with van der Waals surface area (Å²) in [5, 5.41) is 3.43. The van der Waals surface area contributed by atoms with Crippen molar-refractivity contribution in [3.63, 3.8) is 0 Å². The molecule has 0 saturated carbocycles. The standard InChI is InChI=1S/C15H19BrN2O3S/c1-3-11(16)14(19)18-15-17-12-6-5-10(9-13(12)22-15)21-8-4-7-20-2/h5-6,9,11H,3-4,7-8H2,1-2H3,(H,17,18,19)/t11-/m0/s1. The molecule has 0 saturated heterocycles. The first-order valence-corrected chi connectivity index (χ1v) is 8.84. The van der Waals surface area contributed by atoms with Crippen molar-refractivity contribution >= 4 is 48.5 Å². The summed E-state index contributed by atoms with van der Waals surface area (Å²) in [6.45, 7) is 3.25. The molecule has 5 nitrogen and oxygen atoms in total. The van der Waals surface area contributed by atoms with Gasteiger partial charge in [-0.2, -0.15) is 0 Å². The van der Waals surface area contributed by atoms with Gasteiger partial charge in [-0.1, -0.05) is 34.2 Å². The van der Waals surface area contributed by atoms with Gasteiger partial charge in [0.15, 0.2) is 5.13 Å². The van der Waals surface area contributed by atoms with Crippen LogP contribution >= 0.6 is 27.3 Å².